The van der Waals surface area contributed by atoms with Gasteiger partial charge in [0.1, 0.15) is 0 Å². The Morgan fingerprint density at radius 3 is 1.40 bits per heavy atom. The van der Waals surface area contributed by atoms with E-state index in [-0.39, 0.29) is 4.75 Å². The Kier molecular flexibility index (Phi) is 6.39. The lowest BCUT2D eigenvalue weighted by atomic mass is 9.84. The number of alkyl halides is 1. The van der Waals surface area contributed by atoms with Gasteiger partial charge in [0.25, 0.3) is 0 Å². The molecule has 0 fully saturated rings. The first-order valence-electron chi connectivity index (χ1n) is 8.67. The largest absolute Gasteiger partial charge is 0.137 e. The second-order valence-corrected chi connectivity index (χ2v) is 8.63. The second kappa shape index (κ2) is 8.73. The molecule has 0 spiro atoms. The zero-order valence-electron chi connectivity index (χ0n) is 14.4. The van der Waals surface area contributed by atoms with Crippen LogP contribution in [0.2, 0.25) is 0 Å². The quantitative estimate of drug-likeness (QED) is 0.301. The van der Waals surface area contributed by atoms with E-state index >= 15 is 0 Å². The maximum atomic E-state index is 3.61. The Labute approximate surface area is 163 Å². The minimum atomic E-state index is -0.203. The highest BCUT2D eigenvalue weighted by Gasteiger charge is 2.38. The highest BCUT2D eigenvalue weighted by molar-refractivity contribution is 9.09. The minimum Gasteiger partial charge on any atom is -0.137 e. The number of benzene rings is 3. The summed E-state index contributed by atoms with van der Waals surface area (Å²) in [5.41, 5.74) is 4.00. The molecule has 0 heterocycles. The summed E-state index contributed by atoms with van der Waals surface area (Å²) in [5, 5.41) is 1.55. The van der Waals surface area contributed by atoms with Crippen LogP contribution in [0.1, 0.15) is 30.0 Å². The van der Waals surface area contributed by atoms with Crippen LogP contribution in [-0.2, 0) is 4.75 Å². The molecule has 25 heavy (non-hydrogen) atoms. The average molecular weight is 411 g/mol. The fourth-order valence-electron chi connectivity index (χ4n) is 3.24. The van der Waals surface area contributed by atoms with Crippen molar-refractivity contribution in [2.45, 2.75) is 23.3 Å². The smallest absolute Gasteiger partial charge is 0.0909 e. The van der Waals surface area contributed by atoms with Crippen LogP contribution in [0.25, 0.3) is 0 Å². The number of halogens is 1. The second-order valence-electron chi connectivity index (χ2n) is 6.19. The van der Waals surface area contributed by atoms with Crippen LogP contribution < -0.4 is 0 Å². The molecule has 0 aliphatic carbocycles. The van der Waals surface area contributed by atoms with E-state index in [0.29, 0.717) is 5.25 Å². The molecule has 0 nitrogen and oxygen atoms in total. The van der Waals surface area contributed by atoms with Gasteiger partial charge in [-0.3, -0.25) is 0 Å². The molecule has 3 aromatic carbocycles. The number of hydrogen-bond acceptors (Lipinski definition) is 1. The standard InChI is InChI=1S/C23H23BrS/c1-19(17-18-24)25-23(20-11-5-2-6-12-20,21-13-7-3-8-14-21)22-15-9-4-10-16-22/h2-16,19H,17-18H2,1H3. The van der Waals surface area contributed by atoms with E-state index in [4.69, 9.17) is 0 Å². The third-order valence-corrected chi connectivity index (χ3v) is 6.59. The normalized spacial score (nSPS) is 12.7. The van der Waals surface area contributed by atoms with Gasteiger partial charge in [0.05, 0.1) is 4.75 Å². The van der Waals surface area contributed by atoms with E-state index < -0.39 is 0 Å². The van der Waals surface area contributed by atoms with Crippen molar-refractivity contribution in [2.24, 2.45) is 0 Å². The van der Waals surface area contributed by atoms with Gasteiger partial charge in [0, 0.05) is 10.6 Å². The van der Waals surface area contributed by atoms with E-state index in [9.17, 15) is 0 Å². The Hall–Kier alpha value is -1.51. The molecule has 0 amide bonds. The van der Waals surface area contributed by atoms with Crippen molar-refractivity contribution in [1.29, 1.82) is 0 Å². The van der Waals surface area contributed by atoms with Crippen molar-refractivity contribution in [2.75, 3.05) is 5.33 Å². The Balaban J connectivity index is 2.24. The van der Waals surface area contributed by atoms with Gasteiger partial charge >= 0.3 is 0 Å². The number of rotatable bonds is 7. The predicted molar refractivity (Wildman–Crippen MR) is 115 cm³/mol. The molecule has 0 N–H and O–H groups in total. The lowest BCUT2D eigenvalue weighted by Crippen LogP contribution is -2.28. The van der Waals surface area contributed by atoms with Crippen LogP contribution >= 0.6 is 27.7 Å². The van der Waals surface area contributed by atoms with Crippen LogP contribution in [0, 0.1) is 0 Å². The van der Waals surface area contributed by atoms with Crippen LogP contribution in [0.5, 0.6) is 0 Å². The fourth-order valence-corrected chi connectivity index (χ4v) is 5.88. The van der Waals surface area contributed by atoms with E-state index in [1.165, 1.54) is 16.7 Å². The molecular weight excluding hydrogens is 388 g/mol. The minimum absolute atomic E-state index is 0.203. The van der Waals surface area contributed by atoms with Crippen LogP contribution in [0.15, 0.2) is 91.0 Å². The van der Waals surface area contributed by atoms with Gasteiger partial charge in [-0.2, -0.15) is 0 Å². The Morgan fingerprint density at radius 2 is 1.08 bits per heavy atom. The Bertz CT molecular complexity index is 659. The van der Waals surface area contributed by atoms with Gasteiger partial charge in [-0.15, -0.1) is 11.8 Å². The molecule has 0 aliphatic heterocycles. The van der Waals surface area contributed by atoms with Crippen molar-refractivity contribution < 1.29 is 0 Å². The third kappa shape index (κ3) is 4.02. The van der Waals surface area contributed by atoms with Gasteiger partial charge < -0.3 is 0 Å². The summed E-state index contributed by atoms with van der Waals surface area (Å²) in [7, 11) is 0. The SMILES string of the molecule is CC(CCBr)SC(c1ccccc1)(c1ccccc1)c1ccccc1. The van der Waals surface area contributed by atoms with E-state index in [1.54, 1.807) is 0 Å². The average Bonchev–Trinajstić information content (AvgIpc) is 2.68. The molecule has 3 rings (SSSR count). The topological polar surface area (TPSA) is 0 Å². The predicted octanol–water partition coefficient (Wildman–Crippen LogP) is 6.89. The lowest BCUT2D eigenvalue weighted by molar-refractivity contribution is 0.852. The highest BCUT2D eigenvalue weighted by Crippen LogP contribution is 2.50. The molecule has 3 aromatic rings. The molecule has 1 atom stereocenters. The van der Waals surface area contributed by atoms with Crippen molar-refractivity contribution in [3.8, 4) is 0 Å². The van der Waals surface area contributed by atoms with Crippen LogP contribution in [0.4, 0.5) is 0 Å². The molecule has 0 radical (unpaired) electrons. The monoisotopic (exact) mass is 410 g/mol. The summed E-state index contributed by atoms with van der Waals surface area (Å²) >= 11 is 5.66. The maximum Gasteiger partial charge on any atom is 0.0909 e. The van der Waals surface area contributed by atoms with Crippen molar-refractivity contribution >= 4 is 27.7 Å². The van der Waals surface area contributed by atoms with Crippen molar-refractivity contribution in [1.82, 2.24) is 0 Å². The van der Waals surface area contributed by atoms with Gasteiger partial charge in [-0.25, -0.2) is 0 Å². The first-order chi connectivity index (χ1) is 12.3. The van der Waals surface area contributed by atoms with E-state index in [1.807, 2.05) is 11.8 Å². The maximum absolute atomic E-state index is 3.61. The first kappa shape index (κ1) is 18.3. The number of thioether (sulfide) groups is 1. The van der Waals surface area contributed by atoms with E-state index in [0.717, 1.165) is 11.8 Å². The van der Waals surface area contributed by atoms with Gasteiger partial charge in [0.2, 0.25) is 0 Å². The van der Waals surface area contributed by atoms with E-state index in [2.05, 4.69) is 114 Å². The van der Waals surface area contributed by atoms with Crippen molar-refractivity contribution in [3.63, 3.8) is 0 Å². The molecule has 0 aromatic heterocycles. The zero-order valence-corrected chi connectivity index (χ0v) is 16.8. The zero-order chi connectivity index (χ0) is 17.5. The summed E-state index contributed by atoms with van der Waals surface area (Å²) in [6.45, 7) is 2.33. The molecule has 0 aliphatic rings. The third-order valence-electron chi connectivity index (χ3n) is 4.43. The van der Waals surface area contributed by atoms with Crippen LogP contribution in [0.3, 0.4) is 0 Å². The summed E-state index contributed by atoms with van der Waals surface area (Å²) in [6.07, 6.45) is 1.14. The molecular formula is C23H23BrS. The Morgan fingerprint density at radius 1 is 0.720 bits per heavy atom. The summed E-state index contributed by atoms with van der Waals surface area (Å²) in [4.78, 5) is 0. The molecule has 1 unspecified atom stereocenters. The van der Waals surface area contributed by atoms with Crippen LogP contribution in [-0.4, -0.2) is 10.6 Å². The molecule has 0 bridgehead atoms. The summed E-state index contributed by atoms with van der Waals surface area (Å²) in [5.74, 6) is 0. The molecule has 0 saturated heterocycles. The molecule has 2 heteroatoms. The number of hydrogen-bond donors (Lipinski definition) is 0. The molecule has 0 saturated carbocycles. The highest BCUT2D eigenvalue weighted by atomic mass is 79.9. The van der Waals surface area contributed by atoms with Gasteiger partial charge in [-0.05, 0) is 23.1 Å². The first-order valence-corrected chi connectivity index (χ1v) is 10.7. The fraction of sp³-hybridized carbons (Fsp3) is 0.217. The summed E-state index contributed by atoms with van der Waals surface area (Å²) < 4.78 is -0.203. The lowest BCUT2D eigenvalue weighted by Gasteiger charge is -2.37. The van der Waals surface area contributed by atoms with Crippen molar-refractivity contribution in [3.05, 3.63) is 108 Å². The van der Waals surface area contributed by atoms with Gasteiger partial charge in [-0.1, -0.05) is 114 Å². The summed E-state index contributed by atoms with van der Waals surface area (Å²) in [6, 6.07) is 32.7. The van der Waals surface area contributed by atoms with Gasteiger partial charge in [0.15, 0.2) is 0 Å². The molecule has 128 valence electrons.